The summed E-state index contributed by atoms with van der Waals surface area (Å²) < 4.78 is 5.77. The van der Waals surface area contributed by atoms with Gasteiger partial charge in [-0.05, 0) is 25.0 Å². The van der Waals surface area contributed by atoms with Crippen LogP contribution in [0.3, 0.4) is 0 Å². The topological polar surface area (TPSA) is 86.3 Å². The Labute approximate surface area is 174 Å². The van der Waals surface area contributed by atoms with E-state index >= 15 is 0 Å². The molecule has 0 unspecified atom stereocenters. The third kappa shape index (κ3) is 3.75. The van der Waals surface area contributed by atoms with Crippen molar-refractivity contribution < 1.29 is 9.21 Å². The van der Waals surface area contributed by atoms with Gasteiger partial charge >= 0.3 is 0 Å². The number of rotatable bonds is 5. The van der Waals surface area contributed by atoms with E-state index in [4.69, 9.17) is 4.42 Å². The standard InChI is InChI=1S/C21H23N5O2S/c1-25-16-10-6-7-11-17(16)26(2)20(25)15(12-22)18(27)13-29-21-24-23-19(28-21)14-8-4-3-5-9-14/h6-7,10-11,14H,3-5,8-9,13H2,1-2H3. The summed E-state index contributed by atoms with van der Waals surface area (Å²) in [5.41, 5.74) is 2.06. The fraction of sp³-hybridized carbons (Fsp3) is 0.429. The number of thioether (sulfide) groups is 1. The summed E-state index contributed by atoms with van der Waals surface area (Å²) in [6.45, 7) is 0. The lowest BCUT2D eigenvalue weighted by Crippen LogP contribution is -2.26. The fourth-order valence-electron chi connectivity index (χ4n) is 4.05. The maximum Gasteiger partial charge on any atom is 0.277 e. The highest BCUT2D eigenvalue weighted by Gasteiger charge is 2.31. The van der Waals surface area contributed by atoms with Gasteiger partial charge in [-0.15, -0.1) is 10.2 Å². The van der Waals surface area contributed by atoms with E-state index in [9.17, 15) is 10.1 Å². The number of ketones is 1. The molecular formula is C21H23N5O2S. The predicted molar refractivity (Wildman–Crippen MR) is 112 cm³/mol. The number of nitrogens with zero attached hydrogens (tertiary/aromatic N) is 5. The summed E-state index contributed by atoms with van der Waals surface area (Å²) >= 11 is 1.19. The van der Waals surface area contributed by atoms with Crippen molar-refractivity contribution in [2.75, 3.05) is 29.6 Å². The Morgan fingerprint density at radius 1 is 1.17 bits per heavy atom. The van der Waals surface area contributed by atoms with Crippen molar-refractivity contribution in [3.63, 3.8) is 0 Å². The quantitative estimate of drug-likeness (QED) is 0.414. The van der Waals surface area contributed by atoms with Gasteiger partial charge in [0.05, 0.1) is 17.1 Å². The summed E-state index contributed by atoms with van der Waals surface area (Å²) in [6.07, 6.45) is 5.80. The molecule has 2 aliphatic rings. The first-order valence-corrected chi connectivity index (χ1v) is 10.8. The third-order valence-corrected chi connectivity index (χ3v) is 6.38. The minimum atomic E-state index is -0.253. The Hall–Kier alpha value is -2.79. The van der Waals surface area contributed by atoms with Crippen LogP contribution < -0.4 is 9.80 Å². The Kier molecular flexibility index (Phi) is 5.58. The van der Waals surface area contributed by atoms with E-state index in [1.165, 1.54) is 31.0 Å². The van der Waals surface area contributed by atoms with Gasteiger partial charge in [-0.25, -0.2) is 0 Å². The van der Waals surface area contributed by atoms with E-state index in [-0.39, 0.29) is 17.1 Å². The molecule has 0 atom stereocenters. The summed E-state index contributed by atoms with van der Waals surface area (Å²) in [6, 6.07) is 9.92. The average Bonchev–Trinajstić information content (AvgIpc) is 3.33. The molecule has 1 aliphatic carbocycles. The average molecular weight is 410 g/mol. The molecule has 1 aromatic carbocycles. The number of nitriles is 1. The molecule has 1 saturated carbocycles. The molecule has 29 heavy (non-hydrogen) atoms. The first-order chi connectivity index (χ1) is 14.1. The van der Waals surface area contributed by atoms with Crippen LogP contribution in [0.1, 0.15) is 43.9 Å². The van der Waals surface area contributed by atoms with Gasteiger partial charge in [-0.1, -0.05) is 43.2 Å². The van der Waals surface area contributed by atoms with E-state index in [0.29, 0.717) is 22.9 Å². The minimum Gasteiger partial charge on any atom is -0.416 e. The van der Waals surface area contributed by atoms with Crippen LogP contribution in [0.4, 0.5) is 11.4 Å². The maximum absolute atomic E-state index is 12.8. The zero-order valence-corrected chi connectivity index (χ0v) is 17.4. The smallest absolute Gasteiger partial charge is 0.277 e. The molecule has 0 saturated heterocycles. The summed E-state index contributed by atoms with van der Waals surface area (Å²) in [5, 5.41) is 18.3. The highest BCUT2D eigenvalue weighted by molar-refractivity contribution is 7.99. The molecule has 0 amide bonds. The van der Waals surface area contributed by atoms with Crippen molar-refractivity contribution in [1.29, 1.82) is 5.26 Å². The highest BCUT2D eigenvalue weighted by Crippen LogP contribution is 2.40. The van der Waals surface area contributed by atoms with E-state index in [1.54, 1.807) is 0 Å². The van der Waals surface area contributed by atoms with Crippen molar-refractivity contribution in [2.45, 2.75) is 43.2 Å². The molecule has 0 radical (unpaired) electrons. The number of para-hydroxylation sites is 2. The zero-order valence-electron chi connectivity index (χ0n) is 16.6. The summed E-state index contributed by atoms with van der Waals surface area (Å²) in [5.74, 6) is 1.42. The second kappa shape index (κ2) is 8.29. The predicted octanol–water partition coefficient (Wildman–Crippen LogP) is 4.10. The lowest BCUT2D eigenvalue weighted by Gasteiger charge is -2.19. The molecule has 4 rings (SSSR count). The molecule has 0 bridgehead atoms. The third-order valence-electron chi connectivity index (χ3n) is 5.56. The molecule has 0 spiro atoms. The number of allylic oxidation sites excluding steroid dienone is 1. The molecule has 1 fully saturated rings. The fourth-order valence-corrected chi connectivity index (χ4v) is 4.69. The second-order valence-electron chi connectivity index (χ2n) is 7.37. The molecule has 1 aromatic heterocycles. The largest absolute Gasteiger partial charge is 0.416 e. The van der Waals surface area contributed by atoms with Gasteiger partial charge in [0.2, 0.25) is 5.89 Å². The van der Waals surface area contributed by atoms with Crippen LogP contribution in [-0.2, 0) is 4.79 Å². The van der Waals surface area contributed by atoms with Crippen LogP contribution in [0.5, 0.6) is 0 Å². The molecule has 150 valence electrons. The zero-order chi connectivity index (χ0) is 20.4. The number of Topliss-reactive ketones (excluding diaryl/α,β-unsaturated/α-hetero) is 1. The van der Waals surface area contributed by atoms with Gasteiger partial charge in [0.15, 0.2) is 5.78 Å². The number of hydrogen-bond acceptors (Lipinski definition) is 8. The van der Waals surface area contributed by atoms with E-state index in [0.717, 1.165) is 24.2 Å². The van der Waals surface area contributed by atoms with Crippen LogP contribution >= 0.6 is 11.8 Å². The van der Waals surface area contributed by atoms with Gasteiger partial charge in [-0.3, -0.25) is 4.79 Å². The normalized spacial score (nSPS) is 16.7. The number of benzene rings is 1. The van der Waals surface area contributed by atoms with E-state index in [2.05, 4.69) is 16.3 Å². The van der Waals surface area contributed by atoms with Crippen LogP contribution in [0.2, 0.25) is 0 Å². The van der Waals surface area contributed by atoms with Crippen molar-refractivity contribution in [2.24, 2.45) is 0 Å². The highest BCUT2D eigenvalue weighted by atomic mass is 32.2. The number of hydrogen-bond donors (Lipinski definition) is 0. The molecular weight excluding hydrogens is 386 g/mol. The lowest BCUT2D eigenvalue weighted by atomic mass is 9.89. The van der Waals surface area contributed by atoms with E-state index in [1.807, 2.05) is 48.2 Å². The summed E-state index contributed by atoms with van der Waals surface area (Å²) in [7, 11) is 3.73. The molecule has 2 heterocycles. The number of aromatic nitrogens is 2. The molecule has 7 nitrogen and oxygen atoms in total. The number of fused-ring (bicyclic) bond motifs is 1. The Morgan fingerprint density at radius 2 is 1.83 bits per heavy atom. The molecule has 2 aromatic rings. The molecule has 8 heteroatoms. The Morgan fingerprint density at radius 3 is 2.45 bits per heavy atom. The van der Waals surface area contributed by atoms with Crippen molar-refractivity contribution in [3.8, 4) is 6.07 Å². The Balaban J connectivity index is 1.47. The molecule has 0 N–H and O–H groups in total. The van der Waals surface area contributed by atoms with E-state index < -0.39 is 0 Å². The maximum atomic E-state index is 12.8. The van der Waals surface area contributed by atoms with Crippen LogP contribution in [0.15, 0.2) is 45.3 Å². The van der Waals surface area contributed by atoms with Gasteiger partial charge in [0.25, 0.3) is 5.22 Å². The first kappa shape index (κ1) is 19.5. The monoisotopic (exact) mass is 409 g/mol. The van der Waals surface area contributed by atoms with Crippen molar-refractivity contribution in [3.05, 3.63) is 41.6 Å². The summed E-state index contributed by atoms with van der Waals surface area (Å²) in [4.78, 5) is 16.6. The number of carbonyl (C=O) groups excluding carboxylic acids is 1. The first-order valence-electron chi connectivity index (χ1n) is 9.80. The van der Waals surface area contributed by atoms with Gasteiger partial charge in [-0.2, -0.15) is 5.26 Å². The van der Waals surface area contributed by atoms with Gasteiger partial charge in [0, 0.05) is 20.0 Å². The van der Waals surface area contributed by atoms with Crippen LogP contribution in [-0.4, -0.2) is 35.8 Å². The molecule has 1 aliphatic heterocycles. The van der Waals surface area contributed by atoms with Crippen LogP contribution in [0, 0.1) is 11.3 Å². The minimum absolute atomic E-state index is 0.0801. The van der Waals surface area contributed by atoms with Crippen molar-refractivity contribution >= 4 is 28.9 Å². The number of carbonyl (C=O) groups is 1. The van der Waals surface area contributed by atoms with Gasteiger partial charge < -0.3 is 14.2 Å². The lowest BCUT2D eigenvalue weighted by molar-refractivity contribution is -0.112. The van der Waals surface area contributed by atoms with Crippen LogP contribution in [0.25, 0.3) is 0 Å². The van der Waals surface area contributed by atoms with Gasteiger partial charge in [0.1, 0.15) is 17.5 Å². The SMILES string of the molecule is CN1C(=C(C#N)C(=O)CSc2nnc(C3CCCCC3)o2)N(C)c2ccccc21. The Bertz CT molecular complexity index is 956. The number of anilines is 2. The van der Waals surface area contributed by atoms with Crippen molar-refractivity contribution in [1.82, 2.24) is 10.2 Å². The second-order valence-corrected chi connectivity index (χ2v) is 8.30.